The first kappa shape index (κ1) is 22.1. The molecule has 168 valence electrons. The van der Waals surface area contributed by atoms with Gasteiger partial charge in [0.2, 0.25) is 0 Å². The van der Waals surface area contributed by atoms with Gasteiger partial charge in [-0.1, -0.05) is 18.3 Å². The van der Waals surface area contributed by atoms with Crippen LogP contribution in [0.1, 0.15) is 60.8 Å². The number of hydrogen-bond acceptors (Lipinski definition) is 5. The standard InChI is InChI=1S/C23H30F2N4OS/c1-15-4-3-9-29(14-15)18-7-10-28(11-8-18)23-26-13-21(31-23)22(30)27-16(2)19-12-17(24)5-6-20(19)25/h5-6,12-13,15-16,18H,3-4,7-11,14H2,1-2H3,(H,27,30)/t15-,16-/m1/s1. The quantitative estimate of drug-likeness (QED) is 0.726. The number of thiazole rings is 1. The minimum Gasteiger partial charge on any atom is -0.348 e. The largest absolute Gasteiger partial charge is 0.348 e. The lowest BCUT2D eigenvalue weighted by Gasteiger charge is -2.41. The summed E-state index contributed by atoms with van der Waals surface area (Å²) in [5, 5.41) is 3.60. The molecular formula is C23H30F2N4OS. The van der Waals surface area contributed by atoms with Gasteiger partial charge in [-0.2, -0.15) is 0 Å². The van der Waals surface area contributed by atoms with Gasteiger partial charge in [-0.3, -0.25) is 9.69 Å². The van der Waals surface area contributed by atoms with Crippen LogP contribution < -0.4 is 10.2 Å². The highest BCUT2D eigenvalue weighted by Gasteiger charge is 2.29. The molecule has 2 aliphatic heterocycles. The van der Waals surface area contributed by atoms with Crippen LogP contribution in [0.3, 0.4) is 0 Å². The van der Waals surface area contributed by atoms with E-state index in [0.29, 0.717) is 10.9 Å². The number of nitrogens with one attached hydrogen (secondary N) is 1. The number of likely N-dealkylation sites (tertiary alicyclic amines) is 1. The van der Waals surface area contributed by atoms with E-state index in [9.17, 15) is 13.6 Å². The van der Waals surface area contributed by atoms with Crippen LogP contribution in [0.25, 0.3) is 0 Å². The van der Waals surface area contributed by atoms with Crippen molar-refractivity contribution < 1.29 is 13.6 Å². The van der Waals surface area contributed by atoms with Crippen molar-refractivity contribution in [3.8, 4) is 0 Å². The Bertz CT molecular complexity index is 913. The van der Waals surface area contributed by atoms with Crippen molar-refractivity contribution in [3.63, 3.8) is 0 Å². The molecule has 2 saturated heterocycles. The van der Waals surface area contributed by atoms with E-state index in [-0.39, 0.29) is 11.5 Å². The van der Waals surface area contributed by atoms with E-state index in [2.05, 4.69) is 27.0 Å². The molecule has 2 atom stereocenters. The van der Waals surface area contributed by atoms with Gasteiger partial charge in [-0.25, -0.2) is 13.8 Å². The summed E-state index contributed by atoms with van der Waals surface area (Å²) in [6.45, 7) is 8.28. The summed E-state index contributed by atoms with van der Waals surface area (Å²) in [4.78, 5) is 22.5. The summed E-state index contributed by atoms with van der Waals surface area (Å²) < 4.78 is 27.4. The lowest BCUT2D eigenvalue weighted by molar-refractivity contribution is 0.0943. The summed E-state index contributed by atoms with van der Waals surface area (Å²) in [5.41, 5.74) is 0.132. The van der Waals surface area contributed by atoms with E-state index in [1.54, 1.807) is 13.1 Å². The first-order chi connectivity index (χ1) is 14.9. The van der Waals surface area contributed by atoms with Gasteiger partial charge >= 0.3 is 0 Å². The van der Waals surface area contributed by atoms with E-state index in [1.165, 1.54) is 37.3 Å². The Morgan fingerprint density at radius 3 is 2.74 bits per heavy atom. The number of benzene rings is 1. The molecule has 1 aromatic carbocycles. The van der Waals surface area contributed by atoms with Gasteiger partial charge in [0.25, 0.3) is 5.91 Å². The number of aromatic nitrogens is 1. The van der Waals surface area contributed by atoms with Gasteiger partial charge in [-0.05, 0) is 63.3 Å². The molecule has 1 amide bonds. The molecule has 8 heteroatoms. The Kier molecular flexibility index (Phi) is 6.86. The highest BCUT2D eigenvalue weighted by atomic mass is 32.1. The molecule has 2 aromatic rings. The molecule has 0 saturated carbocycles. The average Bonchev–Trinajstić information content (AvgIpc) is 3.26. The second-order valence-corrected chi connectivity index (χ2v) is 9.84. The molecule has 1 aromatic heterocycles. The fourth-order valence-electron chi connectivity index (χ4n) is 4.69. The zero-order valence-electron chi connectivity index (χ0n) is 18.1. The second kappa shape index (κ2) is 9.61. The minimum absolute atomic E-state index is 0.132. The third-order valence-corrected chi connectivity index (χ3v) is 7.49. The molecule has 2 aliphatic rings. The molecule has 4 rings (SSSR count). The van der Waals surface area contributed by atoms with Crippen LogP contribution in [-0.4, -0.2) is 48.0 Å². The van der Waals surface area contributed by atoms with Crippen LogP contribution >= 0.6 is 11.3 Å². The Labute approximate surface area is 186 Å². The molecule has 3 heterocycles. The summed E-state index contributed by atoms with van der Waals surface area (Å²) in [6.07, 6.45) is 6.43. The minimum atomic E-state index is -0.642. The van der Waals surface area contributed by atoms with Gasteiger partial charge in [0.15, 0.2) is 5.13 Å². The van der Waals surface area contributed by atoms with Crippen LogP contribution in [0, 0.1) is 17.6 Å². The molecule has 0 spiro atoms. The van der Waals surface area contributed by atoms with Gasteiger partial charge in [0.05, 0.1) is 12.2 Å². The second-order valence-electron chi connectivity index (χ2n) is 8.83. The molecule has 0 unspecified atom stereocenters. The van der Waals surface area contributed by atoms with Crippen molar-refractivity contribution in [2.24, 2.45) is 5.92 Å². The van der Waals surface area contributed by atoms with Crippen molar-refractivity contribution in [2.75, 3.05) is 31.1 Å². The van der Waals surface area contributed by atoms with Gasteiger partial charge in [0, 0.05) is 31.2 Å². The van der Waals surface area contributed by atoms with E-state index >= 15 is 0 Å². The lowest BCUT2D eigenvalue weighted by atomic mass is 9.95. The Morgan fingerprint density at radius 1 is 1.23 bits per heavy atom. The normalized spacial score (nSPS) is 21.8. The maximum Gasteiger partial charge on any atom is 0.263 e. The number of anilines is 1. The van der Waals surface area contributed by atoms with Crippen molar-refractivity contribution in [1.82, 2.24) is 15.2 Å². The third-order valence-electron chi connectivity index (χ3n) is 6.43. The maximum absolute atomic E-state index is 14.0. The Balaban J connectivity index is 1.33. The molecule has 0 bridgehead atoms. The van der Waals surface area contributed by atoms with E-state index in [0.717, 1.165) is 55.2 Å². The van der Waals surface area contributed by atoms with Gasteiger partial charge in [0.1, 0.15) is 16.5 Å². The molecule has 0 aliphatic carbocycles. The summed E-state index contributed by atoms with van der Waals surface area (Å²) in [5.74, 6) is -0.600. The van der Waals surface area contributed by atoms with E-state index in [1.807, 2.05) is 0 Å². The number of hydrogen-bond donors (Lipinski definition) is 1. The number of piperidine rings is 2. The van der Waals surface area contributed by atoms with Crippen LogP contribution in [0.5, 0.6) is 0 Å². The lowest BCUT2D eigenvalue weighted by Crippen LogP contribution is -2.48. The van der Waals surface area contributed by atoms with E-state index < -0.39 is 17.7 Å². The van der Waals surface area contributed by atoms with Crippen molar-refractivity contribution in [2.45, 2.75) is 51.6 Å². The number of amides is 1. The monoisotopic (exact) mass is 448 g/mol. The fraction of sp³-hybridized carbons (Fsp3) is 0.565. The van der Waals surface area contributed by atoms with Crippen molar-refractivity contribution in [3.05, 3.63) is 46.5 Å². The van der Waals surface area contributed by atoms with Crippen LogP contribution in [0.15, 0.2) is 24.4 Å². The van der Waals surface area contributed by atoms with Gasteiger partial charge in [-0.15, -0.1) is 0 Å². The number of rotatable bonds is 5. The SMILES string of the molecule is C[C@@H]1CCCN(C2CCN(c3ncc(C(=O)N[C@H](C)c4cc(F)ccc4F)s3)CC2)C1. The Morgan fingerprint density at radius 2 is 2.00 bits per heavy atom. The fourth-order valence-corrected chi connectivity index (χ4v) is 5.56. The van der Waals surface area contributed by atoms with Crippen LogP contribution in [0.2, 0.25) is 0 Å². The third kappa shape index (κ3) is 5.23. The maximum atomic E-state index is 14.0. The van der Waals surface area contributed by atoms with Gasteiger partial charge < -0.3 is 10.2 Å². The van der Waals surface area contributed by atoms with Crippen molar-refractivity contribution in [1.29, 1.82) is 0 Å². The molecule has 0 radical (unpaired) electrons. The topological polar surface area (TPSA) is 48.5 Å². The highest BCUT2D eigenvalue weighted by Crippen LogP contribution is 2.29. The Hall–Kier alpha value is -2.06. The van der Waals surface area contributed by atoms with E-state index in [4.69, 9.17) is 0 Å². The average molecular weight is 449 g/mol. The summed E-state index contributed by atoms with van der Waals surface area (Å²) in [6, 6.07) is 3.26. The number of nitrogens with zero attached hydrogens (tertiary/aromatic N) is 3. The zero-order valence-corrected chi connectivity index (χ0v) is 18.9. The molecule has 5 nitrogen and oxygen atoms in total. The van der Waals surface area contributed by atoms with Crippen LogP contribution in [-0.2, 0) is 0 Å². The molecular weight excluding hydrogens is 418 g/mol. The summed E-state index contributed by atoms with van der Waals surface area (Å²) in [7, 11) is 0. The molecule has 2 fully saturated rings. The zero-order chi connectivity index (χ0) is 22.0. The number of halogens is 2. The highest BCUT2D eigenvalue weighted by molar-refractivity contribution is 7.17. The van der Waals surface area contributed by atoms with Crippen LogP contribution in [0.4, 0.5) is 13.9 Å². The smallest absolute Gasteiger partial charge is 0.263 e. The summed E-state index contributed by atoms with van der Waals surface area (Å²) >= 11 is 1.35. The molecule has 1 N–H and O–H groups in total. The predicted molar refractivity (Wildman–Crippen MR) is 120 cm³/mol. The molecule has 31 heavy (non-hydrogen) atoms. The number of carbonyl (C=O) groups excluding carboxylic acids is 1. The van der Waals surface area contributed by atoms with Crippen molar-refractivity contribution >= 4 is 22.4 Å². The predicted octanol–water partition coefficient (Wildman–Crippen LogP) is 4.61. The first-order valence-corrected chi connectivity index (χ1v) is 11.9. The number of carbonyl (C=O) groups is 1. The first-order valence-electron chi connectivity index (χ1n) is 11.1.